The number of nitrogens with zero attached hydrogens (tertiary/aromatic N) is 1. The van der Waals surface area contributed by atoms with Crippen molar-refractivity contribution in [3.8, 4) is 0 Å². The molecule has 0 bridgehead atoms. The normalized spacial score (nSPS) is 35.1. The van der Waals surface area contributed by atoms with E-state index in [2.05, 4.69) is 25.8 Å². The van der Waals surface area contributed by atoms with E-state index in [1.165, 1.54) is 38.5 Å². The second kappa shape index (κ2) is 4.66. The Balaban J connectivity index is 2.06. The molecule has 0 spiro atoms. The lowest BCUT2D eigenvalue weighted by atomic mass is 9.81. The molecule has 16 heavy (non-hydrogen) atoms. The third-order valence-electron chi connectivity index (χ3n) is 5.24. The first kappa shape index (κ1) is 12.4. The van der Waals surface area contributed by atoms with E-state index in [1.807, 2.05) is 0 Å². The molecular weight excluding hydrogens is 196 g/mol. The van der Waals surface area contributed by atoms with Crippen molar-refractivity contribution in [3.05, 3.63) is 0 Å². The van der Waals surface area contributed by atoms with Crippen LogP contribution in [0.3, 0.4) is 0 Å². The molecule has 2 fully saturated rings. The fourth-order valence-corrected chi connectivity index (χ4v) is 3.55. The van der Waals surface area contributed by atoms with Gasteiger partial charge in [-0.3, -0.25) is 4.90 Å². The van der Waals surface area contributed by atoms with Crippen molar-refractivity contribution in [1.29, 1.82) is 0 Å². The lowest BCUT2D eigenvalue weighted by molar-refractivity contribution is 0.0284. The Kier molecular flexibility index (Phi) is 3.60. The first-order valence-electron chi connectivity index (χ1n) is 7.02. The maximum atomic E-state index is 6.06. The molecule has 0 aromatic carbocycles. The van der Waals surface area contributed by atoms with E-state index in [9.17, 15) is 0 Å². The minimum atomic E-state index is 0.260. The van der Waals surface area contributed by atoms with Crippen LogP contribution in [-0.2, 0) is 0 Å². The van der Waals surface area contributed by atoms with Gasteiger partial charge in [-0.05, 0) is 51.5 Å². The molecule has 0 heterocycles. The quantitative estimate of drug-likeness (QED) is 0.795. The highest BCUT2D eigenvalue weighted by molar-refractivity contribution is 5.02. The number of likely N-dealkylation sites (N-methyl/N-ethyl adjacent to an activating group) is 1. The van der Waals surface area contributed by atoms with Gasteiger partial charge in [0.25, 0.3) is 0 Å². The van der Waals surface area contributed by atoms with E-state index < -0.39 is 0 Å². The van der Waals surface area contributed by atoms with Gasteiger partial charge in [0.05, 0.1) is 0 Å². The monoisotopic (exact) mass is 224 g/mol. The Morgan fingerprint density at radius 1 is 1.19 bits per heavy atom. The van der Waals surface area contributed by atoms with Crippen molar-refractivity contribution < 1.29 is 0 Å². The van der Waals surface area contributed by atoms with E-state index in [0.29, 0.717) is 0 Å². The molecule has 2 rings (SSSR count). The van der Waals surface area contributed by atoms with E-state index >= 15 is 0 Å². The topological polar surface area (TPSA) is 29.3 Å². The van der Waals surface area contributed by atoms with E-state index in [-0.39, 0.29) is 5.54 Å². The van der Waals surface area contributed by atoms with Crippen LogP contribution in [0.4, 0.5) is 0 Å². The fourth-order valence-electron chi connectivity index (χ4n) is 3.55. The van der Waals surface area contributed by atoms with Crippen LogP contribution in [0.2, 0.25) is 0 Å². The summed E-state index contributed by atoms with van der Waals surface area (Å²) in [6.07, 6.45) is 8.39. The standard InChI is InChI=1S/C14H28N2/c1-11-6-4-5-7-13(11)16(3)14(2,10-15)12-8-9-12/h11-13H,4-10,15H2,1-3H3. The van der Waals surface area contributed by atoms with E-state index in [0.717, 1.165) is 24.4 Å². The zero-order valence-corrected chi connectivity index (χ0v) is 11.2. The van der Waals surface area contributed by atoms with Crippen LogP contribution in [0.5, 0.6) is 0 Å². The lowest BCUT2D eigenvalue weighted by Gasteiger charge is -2.47. The SMILES string of the molecule is CC1CCCCC1N(C)C(C)(CN)C1CC1. The summed E-state index contributed by atoms with van der Waals surface area (Å²) in [7, 11) is 2.32. The van der Waals surface area contributed by atoms with Crippen molar-refractivity contribution in [2.24, 2.45) is 17.6 Å². The summed E-state index contributed by atoms with van der Waals surface area (Å²) in [6, 6.07) is 0.767. The highest BCUT2D eigenvalue weighted by atomic mass is 15.2. The van der Waals surface area contributed by atoms with E-state index in [1.54, 1.807) is 0 Å². The van der Waals surface area contributed by atoms with E-state index in [4.69, 9.17) is 5.73 Å². The summed E-state index contributed by atoms with van der Waals surface area (Å²) < 4.78 is 0. The van der Waals surface area contributed by atoms with Crippen molar-refractivity contribution >= 4 is 0 Å². The molecule has 2 nitrogen and oxygen atoms in total. The van der Waals surface area contributed by atoms with Gasteiger partial charge in [0.2, 0.25) is 0 Å². The molecule has 3 unspecified atom stereocenters. The summed E-state index contributed by atoms with van der Waals surface area (Å²) in [5.74, 6) is 1.71. The number of hydrogen-bond acceptors (Lipinski definition) is 2. The minimum Gasteiger partial charge on any atom is -0.329 e. The molecule has 2 heteroatoms. The van der Waals surface area contributed by atoms with Gasteiger partial charge >= 0.3 is 0 Å². The maximum Gasteiger partial charge on any atom is 0.0331 e. The summed E-state index contributed by atoms with van der Waals surface area (Å²) in [6.45, 7) is 5.62. The van der Waals surface area contributed by atoms with Crippen molar-refractivity contribution in [1.82, 2.24) is 4.90 Å². The summed E-state index contributed by atoms with van der Waals surface area (Å²) in [5, 5.41) is 0. The van der Waals surface area contributed by atoms with Crippen LogP contribution >= 0.6 is 0 Å². The summed E-state index contributed by atoms with van der Waals surface area (Å²) in [4.78, 5) is 2.63. The second-order valence-corrected chi connectivity index (χ2v) is 6.28. The third kappa shape index (κ3) is 2.14. The Morgan fingerprint density at radius 3 is 2.31 bits per heavy atom. The molecule has 0 aromatic rings. The molecule has 0 amide bonds. The molecule has 94 valence electrons. The zero-order chi connectivity index (χ0) is 11.8. The summed E-state index contributed by atoms with van der Waals surface area (Å²) in [5.41, 5.74) is 6.32. The third-order valence-corrected chi connectivity index (χ3v) is 5.24. The molecule has 2 saturated carbocycles. The van der Waals surface area contributed by atoms with Gasteiger partial charge in [-0.1, -0.05) is 19.8 Å². The molecule has 0 radical (unpaired) electrons. The molecule has 2 aliphatic rings. The number of hydrogen-bond donors (Lipinski definition) is 1. The Morgan fingerprint density at radius 2 is 1.81 bits per heavy atom. The van der Waals surface area contributed by atoms with Gasteiger partial charge in [-0.25, -0.2) is 0 Å². The largest absolute Gasteiger partial charge is 0.329 e. The fraction of sp³-hybridized carbons (Fsp3) is 1.00. The highest BCUT2D eigenvalue weighted by Gasteiger charge is 2.46. The van der Waals surface area contributed by atoms with Gasteiger partial charge in [0.15, 0.2) is 0 Å². The smallest absolute Gasteiger partial charge is 0.0331 e. The average Bonchev–Trinajstić information content (AvgIpc) is 3.12. The Hall–Kier alpha value is -0.0800. The molecule has 3 atom stereocenters. The molecule has 2 aliphatic carbocycles. The maximum absolute atomic E-state index is 6.06. The average molecular weight is 224 g/mol. The van der Waals surface area contributed by atoms with Crippen LogP contribution in [0, 0.1) is 11.8 Å². The number of rotatable bonds is 4. The lowest BCUT2D eigenvalue weighted by Crippen LogP contribution is -2.57. The number of nitrogens with two attached hydrogens (primary N) is 1. The molecular formula is C14H28N2. The second-order valence-electron chi connectivity index (χ2n) is 6.28. The Labute approximate surface area is 101 Å². The van der Waals surface area contributed by atoms with Gasteiger partial charge in [-0.15, -0.1) is 0 Å². The van der Waals surface area contributed by atoms with Crippen LogP contribution in [-0.4, -0.2) is 30.1 Å². The molecule has 2 N–H and O–H groups in total. The van der Waals surface area contributed by atoms with Gasteiger partial charge < -0.3 is 5.73 Å². The van der Waals surface area contributed by atoms with Crippen LogP contribution in [0.25, 0.3) is 0 Å². The van der Waals surface area contributed by atoms with Crippen LogP contribution in [0.1, 0.15) is 52.4 Å². The first-order valence-corrected chi connectivity index (χ1v) is 7.02. The van der Waals surface area contributed by atoms with Crippen molar-refractivity contribution in [2.75, 3.05) is 13.6 Å². The van der Waals surface area contributed by atoms with Crippen LogP contribution < -0.4 is 5.73 Å². The van der Waals surface area contributed by atoms with Crippen LogP contribution in [0.15, 0.2) is 0 Å². The zero-order valence-electron chi connectivity index (χ0n) is 11.2. The minimum absolute atomic E-state index is 0.260. The van der Waals surface area contributed by atoms with Gasteiger partial charge in [-0.2, -0.15) is 0 Å². The molecule has 0 aliphatic heterocycles. The van der Waals surface area contributed by atoms with Gasteiger partial charge in [0, 0.05) is 18.1 Å². The molecule has 0 aromatic heterocycles. The molecule has 0 saturated heterocycles. The van der Waals surface area contributed by atoms with Crippen molar-refractivity contribution in [3.63, 3.8) is 0 Å². The first-order chi connectivity index (χ1) is 7.59. The highest BCUT2D eigenvalue weighted by Crippen LogP contribution is 2.44. The predicted octanol–water partition coefficient (Wildman–Crippen LogP) is 2.62. The summed E-state index contributed by atoms with van der Waals surface area (Å²) >= 11 is 0. The Bertz CT molecular complexity index is 237. The van der Waals surface area contributed by atoms with Crippen molar-refractivity contribution in [2.45, 2.75) is 64.0 Å². The predicted molar refractivity (Wildman–Crippen MR) is 69.4 cm³/mol. The van der Waals surface area contributed by atoms with Gasteiger partial charge in [0.1, 0.15) is 0 Å².